The van der Waals surface area contributed by atoms with Crippen LogP contribution in [0, 0.1) is 11.8 Å². The maximum Gasteiger partial charge on any atom is 0.330 e. The molecule has 0 unspecified atom stereocenters. The fourth-order valence-corrected chi connectivity index (χ4v) is 2.27. The molecule has 27 heavy (non-hydrogen) atoms. The lowest BCUT2D eigenvalue weighted by Crippen LogP contribution is -2.02. The summed E-state index contributed by atoms with van der Waals surface area (Å²) in [6.45, 7) is 6.94. The number of allylic oxidation sites excluding steroid dienone is 1. The molecule has 0 bridgehead atoms. The third-order valence-electron chi connectivity index (χ3n) is 3.73. The summed E-state index contributed by atoms with van der Waals surface area (Å²) in [7, 11) is 1.55. The number of carbonyl (C=O) groups excluding carboxylic acids is 2. The monoisotopic (exact) mass is 360 g/mol. The lowest BCUT2D eigenvalue weighted by atomic mass is 10.1. The second-order valence-corrected chi connectivity index (χ2v) is 5.63. The summed E-state index contributed by atoms with van der Waals surface area (Å²) < 4.78 is 10.4. The van der Waals surface area contributed by atoms with E-state index in [4.69, 9.17) is 9.47 Å². The van der Waals surface area contributed by atoms with E-state index in [1.54, 1.807) is 13.2 Å². The van der Waals surface area contributed by atoms with Crippen molar-refractivity contribution >= 4 is 11.8 Å². The molecule has 0 aliphatic carbocycles. The van der Waals surface area contributed by atoms with Crippen molar-refractivity contribution in [3.8, 4) is 17.6 Å². The summed E-state index contributed by atoms with van der Waals surface area (Å²) in [5, 5.41) is 0. The van der Waals surface area contributed by atoms with Crippen LogP contribution in [0.25, 0.3) is 0 Å². The summed E-state index contributed by atoms with van der Waals surface area (Å²) in [6.07, 6.45) is 2.78. The van der Waals surface area contributed by atoms with E-state index in [2.05, 4.69) is 25.0 Å². The Hall–Kier alpha value is -3.58. The van der Waals surface area contributed by atoms with Gasteiger partial charge in [0.1, 0.15) is 12.4 Å². The number of methoxy groups -OCH3 is 1. The average Bonchev–Trinajstić information content (AvgIpc) is 2.71. The van der Waals surface area contributed by atoms with Crippen LogP contribution in [-0.4, -0.2) is 18.9 Å². The topological polar surface area (TPSA) is 52.6 Å². The molecule has 2 aromatic carbocycles. The number of hydrogen-bond acceptors (Lipinski definition) is 4. The highest BCUT2D eigenvalue weighted by Crippen LogP contribution is 2.21. The highest BCUT2D eigenvalue weighted by atomic mass is 16.5. The Kier molecular flexibility index (Phi) is 7.16. The number of rotatable bonds is 7. The summed E-state index contributed by atoms with van der Waals surface area (Å²) in [4.78, 5) is 22.6. The fraction of sp³-hybridized carbons (Fsp3) is 0.130. The quantitative estimate of drug-likeness (QED) is 0.430. The van der Waals surface area contributed by atoms with Gasteiger partial charge in [0.15, 0.2) is 5.78 Å². The van der Waals surface area contributed by atoms with Crippen molar-refractivity contribution in [2.75, 3.05) is 7.11 Å². The average molecular weight is 360 g/mol. The molecule has 0 saturated carbocycles. The Labute approximate surface area is 159 Å². The smallest absolute Gasteiger partial charge is 0.330 e. The van der Waals surface area contributed by atoms with Gasteiger partial charge in [-0.2, -0.15) is 0 Å². The minimum absolute atomic E-state index is 0.0141. The van der Waals surface area contributed by atoms with E-state index in [-0.39, 0.29) is 12.4 Å². The van der Waals surface area contributed by atoms with Crippen molar-refractivity contribution in [2.45, 2.75) is 13.0 Å². The van der Waals surface area contributed by atoms with Gasteiger partial charge in [-0.1, -0.05) is 43.2 Å². The first-order valence-electron chi connectivity index (χ1n) is 8.28. The number of carbonyl (C=O) groups is 2. The van der Waals surface area contributed by atoms with E-state index in [0.29, 0.717) is 12.2 Å². The Balaban J connectivity index is 2.11. The van der Waals surface area contributed by atoms with Gasteiger partial charge >= 0.3 is 5.97 Å². The van der Waals surface area contributed by atoms with Crippen LogP contribution < -0.4 is 4.74 Å². The maximum atomic E-state index is 11.4. The van der Waals surface area contributed by atoms with Crippen molar-refractivity contribution in [1.82, 2.24) is 0 Å². The minimum atomic E-state index is -0.487. The largest absolute Gasteiger partial charge is 0.496 e. The molecule has 2 rings (SSSR count). The molecular weight excluding hydrogens is 340 g/mol. The zero-order chi connectivity index (χ0) is 19.6. The second-order valence-electron chi connectivity index (χ2n) is 5.63. The van der Waals surface area contributed by atoms with Gasteiger partial charge in [0.05, 0.1) is 7.11 Å². The molecule has 0 spiro atoms. The zero-order valence-electron chi connectivity index (χ0n) is 15.2. The number of ether oxygens (including phenoxy) is 2. The lowest BCUT2D eigenvalue weighted by Gasteiger charge is -2.08. The molecular formula is C23H20O4. The van der Waals surface area contributed by atoms with Crippen molar-refractivity contribution < 1.29 is 19.1 Å². The predicted octanol–water partition coefficient (Wildman–Crippen LogP) is 3.62. The molecule has 0 aliphatic rings. The summed E-state index contributed by atoms with van der Waals surface area (Å²) in [6, 6.07) is 12.9. The highest BCUT2D eigenvalue weighted by molar-refractivity contribution is 5.90. The normalized spacial score (nSPS) is 9.52. The Bertz CT molecular complexity index is 912. The molecule has 0 heterocycles. The van der Waals surface area contributed by atoms with Gasteiger partial charge in [0, 0.05) is 29.2 Å². The van der Waals surface area contributed by atoms with Crippen LogP contribution in [0.5, 0.6) is 5.75 Å². The number of benzene rings is 2. The van der Waals surface area contributed by atoms with E-state index >= 15 is 0 Å². The van der Waals surface area contributed by atoms with Crippen molar-refractivity contribution in [1.29, 1.82) is 0 Å². The molecule has 0 fully saturated rings. The van der Waals surface area contributed by atoms with Crippen LogP contribution in [-0.2, 0) is 27.4 Å². The SMILES string of the molecule is C=CC(=O)Cc1ccc(C#Cc2ccc(COC(=O)C=C)c(OC)c2)cc1. The second kappa shape index (κ2) is 9.79. The van der Waals surface area contributed by atoms with Crippen molar-refractivity contribution in [3.63, 3.8) is 0 Å². The molecule has 0 aliphatic heterocycles. The minimum Gasteiger partial charge on any atom is -0.496 e. The lowest BCUT2D eigenvalue weighted by molar-refractivity contribution is -0.139. The van der Waals surface area contributed by atoms with Gasteiger partial charge < -0.3 is 9.47 Å². The van der Waals surface area contributed by atoms with Gasteiger partial charge in [-0.15, -0.1) is 0 Å². The molecule has 136 valence electrons. The van der Waals surface area contributed by atoms with Gasteiger partial charge in [-0.25, -0.2) is 4.79 Å². The molecule has 0 saturated heterocycles. The number of hydrogen-bond donors (Lipinski definition) is 0. The van der Waals surface area contributed by atoms with Gasteiger partial charge in [0.25, 0.3) is 0 Å². The summed E-state index contributed by atoms with van der Waals surface area (Å²) >= 11 is 0. The summed E-state index contributed by atoms with van der Waals surface area (Å²) in [5.41, 5.74) is 3.28. The molecule has 4 heteroatoms. The van der Waals surface area contributed by atoms with Gasteiger partial charge in [-0.05, 0) is 35.9 Å². The maximum absolute atomic E-state index is 11.4. The van der Waals surface area contributed by atoms with Crippen LogP contribution in [0.4, 0.5) is 0 Å². The van der Waals surface area contributed by atoms with Crippen molar-refractivity contribution in [3.05, 3.63) is 90.0 Å². The fourth-order valence-electron chi connectivity index (χ4n) is 2.27. The first kappa shape index (κ1) is 19.7. The molecule has 0 N–H and O–H groups in total. The summed E-state index contributed by atoms with van der Waals surface area (Å²) in [5.74, 6) is 6.24. The molecule has 0 amide bonds. The standard InChI is InChI=1S/C23H20O4/c1-4-21(24)14-18-9-6-17(7-10-18)8-11-19-12-13-20(22(15-19)26-3)16-27-23(25)5-2/h4-7,9-10,12-13,15H,1-2,14,16H2,3H3. The predicted molar refractivity (Wildman–Crippen MR) is 104 cm³/mol. The Morgan fingerprint density at radius 3 is 2.30 bits per heavy atom. The number of esters is 1. The highest BCUT2D eigenvalue weighted by Gasteiger charge is 2.06. The first-order chi connectivity index (χ1) is 13.0. The van der Waals surface area contributed by atoms with Gasteiger partial charge in [-0.3, -0.25) is 4.79 Å². The van der Waals surface area contributed by atoms with Crippen LogP contribution in [0.3, 0.4) is 0 Å². The molecule has 0 radical (unpaired) electrons. The molecule has 0 aromatic heterocycles. The third kappa shape index (κ3) is 6.02. The third-order valence-corrected chi connectivity index (χ3v) is 3.73. The van der Waals surface area contributed by atoms with Crippen LogP contribution in [0.15, 0.2) is 67.8 Å². The zero-order valence-corrected chi connectivity index (χ0v) is 15.2. The van der Waals surface area contributed by atoms with Crippen LogP contribution in [0.2, 0.25) is 0 Å². The molecule has 2 aromatic rings. The first-order valence-corrected chi connectivity index (χ1v) is 8.28. The van der Waals surface area contributed by atoms with E-state index < -0.39 is 5.97 Å². The Morgan fingerprint density at radius 1 is 1.00 bits per heavy atom. The van der Waals surface area contributed by atoms with E-state index in [1.807, 2.05) is 36.4 Å². The van der Waals surface area contributed by atoms with E-state index in [1.165, 1.54) is 6.08 Å². The number of ketones is 1. The molecule has 0 atom stereocenters. The van der Waals surface area contributed by atoms with E-state index in [0.717, 1.165) is 28.3 Å². The van der Waals surface area contributed by atoms with Crippen LogP contribution in [0.1, 0.15) is 22.3 Å². The van der Waals surface area contributed by atoms with Gasteiger partial charge in [0.2, 0.25) is 0 Å². The van der Waals surface area contributed by atoms with Crippen molar-refractivity contribution in [2.24, 2.45) is 0 Å². The van der Waals surface area contributed by atoms with E-state index in [9.17, 15) is 9.59 Å². The van der Waals surface area contributed by atoms with Crippen LogP contribution >= 0.6 is 0 Å². The Morgan fingerprint density at radius 2 is 1.67 bits per heavy atom. The molecule has 4 nitrogen and oxygen atoms in total.